The van der Waals surface area contributed by atoms with E-state index in [9.17, 15) is 8.42 Å². The summed E-state index contributed by atoms with van der Waals surface area (Å²) >= 11 is 1.12. The summed E-state index contributed by atoms with van der Waals surface area (Å²) in [7, 11) is -3.59. The van der Waals surface area contributed by atoms with Crippen molar-refractivity contribution in [2.75, 3.05) is 4.72 Å². The number of rotatable bonds is 4. The van der Waals surface area contributed by atoms with Crippen molar-refractivity contribution in [1.29, 1.82) is 0 Å². The molecule has 8 heteroatoms. The van der Waals surface area contributed by atoms with Gasteiger partial charge < -0.3 is 5.73 Å². The highest BCUT2D eigenvalue weighted by Crippen LogP contribution is 2.17. The summed E-state index contributed by atoms with van der Waals surface area (Å²) < 4.78 is 26.1. The van der Waals surface area contributed by atoms with Crippen LogP contribution in [0.15, 0.2) is 34.7 Å². The minimum atomic E-state index is -3.59. The van der Waals surface area contributed by atoms with Gasteiger partial charge in [-0.15, -0.1) is 10.2 Å². The molecule has 0 unspecified atom stereocenters. The Kier molecular flexibility index (Phi) is 3.36. The van der Waals surface area contributed by atoms with Crippen molar-refractivity contribution in [2.45, 2.75) is 11.4 Å². The average Bonchev–Trinajstić information content (AvgIpc) is 2.81. The third-order valence-corrected chi connectivity index (χ3v) is 4.14. The molecule has 17 heavy (non-hydrogen) atoms. The van der Waals surface area contributed by atoms with E-state index >= 15 is 0 Å². The predicted octanol–water partition coefficient (Wildman–Crippen LogP) is 0.798. The second-order valence-electron chi connectivity index (χ2n) is 3.20. The maximum atomic E-state index is 11.9. The van der Waals surface area contributed by atoms with Crippen LogP contribution in [0.4, 0.5) is 5.13 Å². The topological polar surface area (TPSA) is 98.0 Å². The van der Waals surface area contributed by atoms with E-state index in [0.29, 0.717) is 6.54 Å². The highest BCUT2D eigenvalue weighted by Gasteiger charge is 2.15. The lowest BCUT2D eigenvalue weighted by Crippen LogP contribution is -2.13. The lowest BCUT2D eigenvalue weighted by Gasteiger charge is -2.05. The fraction of sp³-hybridized carbons (Fsp3) is 0.111. The van der Waals surface area contributed by atoms with E-state index < -0.39 is 10.0 Å². The zero-order valence-electron chi connectivity index (χ0n) is 8.70. The molecule has 0 aliphatic rings. The van der Waals surface area contributed by atoms with Crippen LogP contribution in [-0.2, 0) is 16.6 Å². The second-order valence-corrected chi connectivity index (χ2v) is 5.71. The number of hydrogen-bond donors (Lipinski definition) is 2. The van der Waals surface area contributed by atoms with Gasteiger partial charge in [0.05, 0.1) is 4.90 Å². The second kappa shape index (κ2) is 4.78. The van der Waals surface area contributed by atoms with E-state index in [-0.39, 0.29) is 10.0 Å². The molecule has 0 aliphatic carbocycles. The molecule has 2 rings (SSSR count). The largest absolute Gasteiger partial charge is 0.326 e. The first-order valence-electron chi connectivity index (χ1n) is 4.70. The summed E-state index contributed by atoms with van der Waals surface area (Å²) in [5, 5.41) is 7.41. The van der Waals surface area contributed by atoms with Crippen LogP contribution in [0.2, 0.25) is 0 Å². The highest BCUT2D eigenvalue weighted by atomic mass is 32.2. The van der Waals surface area contributed by atoms with Crippen LogP contribution in [0.1, 0.15) is 5.56 Å². The fourth-order valence-electron chi connectivity index (χ4n) is 1.20. The van der Waals surface area contributed by atoms with Crippen molar-refractivity contribution in [3.8, 4) is 0 Å². The average molecular weight is 270 g/mol. The third kappa shape index (κ3) is 2.78. The lowest BCUT2D eigenvalue weighted by molar-refractivity contribution is 0.601. The monoisotopic (exact) mass is 270 g/mol. The van der Waals surface area contributed by atoms with Crippen LogP contribution in [0, 0.1) is 0 Å². The minimum Gasteiger partial charge on any atom is -0.326 e. The van der Waals surface area contributed by atoms with Crippen LogP contribution in [0.3, 0.4) is 0 Å². The Morgan fingerprint density at radius 1 is 1.29 bits per heavy atom. The van der Waals surface area contributed by atoms with Crippen LogP contribution in [0.5, 0.6) is 0 Å². The first-order chi connectivity index (χ1) is 8.12. The molecule has 6 nitrogen and oxygen atoms in total. The molecule has 1 aromatic carbocycles. The Hall–Kier alpha value is -1.51. The van der Waals surface area contributed by atoms with Gasteiger partial charge in [0.1, 0.15) is 5.51 Å². The molecule has 0 radical (unpaired) electrons. The molecule has 1 aromatic heterocycles. The number of benzene rings is 1. The summed E-state index contributed by atoms with van der Waals surface area (Å²) in [6.07, 6.45) is 0. The van der Waals surface area contributed by atoms with Gasteiger partial charge >= 0.3 is 0 Å². The van der Waals surface area contributed by atoms with Crippen molar-refractivity contribution in [2.24, 2.45) is 5.73 Å². The van der Waals surface area contributed by atoms with Crippen LogP contribution >= 0.6 is 11.3 Å². The van der Waals surface area contributed by atoms with Gasteiger partial charge in [0, 0.05) is 6.54 Å². The fourth-order valence-corrected chi connectivity index (χ4v) is 2.89. The van der Waals surface area contributed by atoms with Crippen molar-refractivity contribution in [3.05, 3.63) is 35.3 Å². The molecule has 0 amide bonds. The third-order valence-electron chi connectivity index (χ3n) is 2.05. The van der Waals surface area contributed by atoms with Gasteiger partial charge in [0.2, 0.25) is 5.13 Å². The number of anilines is 1. The number of sulfonamides is 1. The number of nitrogens with zero attached hydrogens (tertiary/aromatic N) is 2. The molecule has 0 spiro atoms. The Morgan fingerprint density at radius 2 is 2.00 bits per heavy atom. The molecular formula is C9H10N4O2S2. The van der Waals surface area contributed by atoms with E-state index in [1.165, 1.54) is 17.6 Å². The van der Waals surface area contributed by atoms with Gasteiger partial charge in [0.25, 0.3) is 10.0 Å². The Balaban J connectivity index is 2.25. The standard InChI is InChI=1S/C9H10N4O2S2/c10-5-7-1-3-8(4-2-7)17(14,15)13-9-12-11-6-16-9/h1-4,6H,5,10H2,(H,12,13). The molecule has 3 N–H and O–H groups in total. The maximum absolute atomic E-state index is 11.9. The molecular weight excluding hydrogens is 260 g/mol. The number of hydrogen-bond acceptors (Lipinski definition) is 6. The maximum Gasteiger partial charge on any atom is 0.263 e. The summed E-state index contributed by atoms with van der Waals surface area (Å²) in [5.74, 6) is 0. The zero-order valence-corrected chi connectivity index (χ0v) is 10.3. The Labute approximate surface area is 103 Å². The van der Waals surface area contributed by atoms with Crippen molar-refractivity contribution >= 4 is 26.5 Å². The number of nitrogens with two attached hydrogens (primary N) is 1. The normalized spacial score (nSPS) is 11.4. The van der Waals surface area contributed by atoms with Crippen LogP contribution in [-0.4, -0.2) is 18.6 Å². The van der Waals surface area contributed by atoms with Gasteiger partial charge in [-0.1, -0.05) is 23.5 Å². The number of nitrogens with one attached hydrogen (secondary N) is 1. The van der Waals surface area contributed by atoms with Crippen molar-refractivity contribution in [3.63, 3.8) is 0 Å². The zero-order chi connectivity index (χ0) is 12.3. The number of aromatic nitrogens is 2. The lowest BCUT2D eigenvalue weighted by atomic mass is 10.2. The van der Waals surface area contributed by atoms with Crippen molar-refractivity contribution < 1.29 is 8.42 Å². The Morgan fingerprint density at radius 3 is 2.53 bits per heavy atom. The highest BCUT2D eigenvalue weighted by molar-refractivity contribution is 7.93. The van der Waals surface area contributed by atoms with E-state index in [1.807, 2.05) is 0 Å². The molecule has 0 aliphatic heterocycles. The summed E-state index contributed by atoms with van der Waals surface area (Å²) in [6, 6.07) is 6.36. The quantitative estimate of drug-likeness (QED) is 0.856. The smallest absolute Gasteiger partial charge is 0.263 e. The summed E-state index contributed by atoms with van der Waals surface area (Å²) in [6.45, 7) is 0.379. The summed E-state index contributed by atoms with van der Waals surface area (Å²) in [5.41, 5.74) is 7.77. The van der Waals surface area contributed by atoms with Crippen LogP contribution in [0.25, 0.3) is 0 Å². The van der Waals surface area contributed by atoms with Crippen molar-refractivity contribution in [1.82, 2.24) is 10.2 Å². The van der Waals surface area contributed by atoms with Gasteiger partial charge in [-0.05, 0) is 17.7 Å². The summed E-state index contributed by atoms with van der Waals surface area (Å²) in [4.78, 5) is 0.171. The SMILES string of the molecule is NCc1ccc(S(=O)(=O)Nc2nncs2)cc1. The van der Waals surface area contributed by atoms with Gasteiger partial charge in [-0.3, -0.25) is 4.72 Å². The van der Waals surface area contributed by atoms with Gasteiger partial charge in [0.15, 0.2) is 0 Å². The molecule has 0 saturated carbocycles. The molecule has 0 saturated heterocycles. The van der Waals surface area contributed by atoms with E-state index in [2.05, 4.69) is 14.9 Å². The molecule has 0 fully saturated rings. The predicted molar refractivity (Wildman–Crippen MR) is 65.1 cm³/mol. The van der Waals surface area contributed by atoms with Crippen LogP contribution < -0.4 is 10.5 Å². The van der Waals surface area contributed by atoms with Gasteiger partial charge in [-0.2, -0.15) is 0 Å². The van der Waals surface area contributed by atoms with E-state index in [4.69, 9.17) is 5.73 Å². The molecule has 0 bridgehead atoms. The molecule has 1 heterocycles. The van der Waals surface area contributed by atoms with E-state index in [1.54, 1.807) is 12.1 Å². The minimum absolute atomic E-state index is 0.171. The van der Waals surface area contributed by atoms with E-state index in [0.717, 1.165) is 16.9 Å². The first-order valence-corrected chi connectivity index (χ1v) is 7.06. The molecule has 90 valence electrons. The Bertz CT molecular complexity index is 578. The van der Waals surface area contributed by atoms with Gasteiger partial charge in [-0.25, -0.2) is 8.42 Å². The molecule has 0 atom stereocenters. The first kappa shape index (κ1) is 12.0. The molecule has 2 aromatic rings.